The van der Waals surface area contributed by atoms with E-state index >= 15 is 0 Å². The zero-order valence-corrected chi connectivity index (χ0v) is 17.3. The van der Waals surface area contributed by atoms with Crippen LogP contribution in [0.25, 0.3) is 11.4 Å². The number of benzene rings is 2. The molecule has 152 valence electrons. The molecule has 1 aromatic heterocycles. The van der Waals surface area contributed by atoms with Crippen molar-refractivity contribution in [1.29, 1.82) is 0 Å². The van der Waals surface area contributed by atoms with Crippen LogP contribution in [0, 0.1) is 5.82 Å². The number of thioether (sulfide) groups is 1. The first kappa shape index (κ1) is 21.0. The number of unbranched alkanes of at least 4 members (excludes halogenated alkanes) is 2. The van der Waals surface area contributed by atoms with Gasteiger partial charge in [0.1, 0.15) is 5.82 Å². The Balaban J connectivity index is 1.78. The number of rotatable bonds is 10. The molecule has 3 rings (SSSR count). The summed E-state index contributed by atoms with van der Waals surface area (Å²) in [7, 11) is 0. The van der Waals surface area contributed by atoms with Crippen LogP contribution in [0.5, 0.6) is 0 Å². The van der Waals surface area contributed by atoms with Crippen LogP contribution in [0.3, 0.4) is 0 Å². The van der Waals surface area contributed by atoms with E-state index in [2.05, 4.69) is 22.4 Å². The van der Waals surface area contributed by atoms with Crippen LogP contribution in [0.15, 0.2) is 59.8 Å². The van der Waals surface area contributed by atoms with Gasteiger partial charge in [0, 0.05) is 6.54 Å². The van der Waals surface area contributed by atoms with Crippen molar-refractivity contribution in [2.45, 2.75) is 37.9 Å². The summed E-state index contributed by atoms with van der Waals surface area (Å²) in [6, 6.07) is 16.4. The molecule has 1 amide bonds. The van der Waals surface area contributed by atoms with E-state index < -0.39 is 0 Å². The summed E-state index contributed by atoms with van der Waals surface area (Å²) >= 11 is 1.31. The molecule has 0 spiro atoms. The second-order valence-corrected chi connectivity index (χ2v) is 7.65. The summed E-state index contributed by atoms with van der Waals surface area (Å²) in [4.78, 5) is 12.1. The number of carbonyl (C=O) groups excluding carboxylic acids is 1. The zero-order chi connectivity index (χ0) is 20.5. The third-order valence-corrected chi connectivity index (χ3v) is 5.42. The predicted molar refractivity (Wildman–Crippen MR) is 114 cm³/mol. The Morgan fingerprint density at radius 2 is 1.83 bits per heavy atom. The van der Waals surface area contributed by atoms with Gasteiger partial charge in [-0.3, -0.25) is 9.36 Å². The maximum Gasteiger partial charge on any atom is 0.230 e. The van der Waals surface area contributed by atoms with Crippen LogP contribution in [0.4, 0.5) is 4.39 Å². The molecule has 7 heteroatoms. The zero-order valence-electron chi connectivity index (χ0n) is 16.5. The summed E-state index contributed by atoms with van der Waals surface area (Å²) in [6.45, 7) is 3.31. The van der Waals surface area contributed by atoms with Gasteiger partial charge in [0.25, 0.3) is 0 Å². The summed E-state index contributed by atoms with van der Waals surface area (Å²) in [5.74, 6) is 0.320. The molecule has 2 aromatic carbocycles. The van der Waals surface area contributed by atoms with Crippen LogP contribution in [0.1, 0.15) is 31.7 Å². The molecule has 0 aliphatic heterocycles. The molecule has 29 heavy (non-hydrogen) atoms. The van der Waals surface area contributed by atoms with Crippen LogP contribution < -0.4 is 5.32 Å². The second kappa shape index (κ2) is 10.8. The first-order valence-electron chi connectivity index (χ1n) is 9.80. The third-order valence-electron chi connectivity index (χ3n) is 4.45. The topological polar surface area (TPSA) is 59.8 Å². The average molecular weight is 413 g/mol. The van der Waals surface area contributed by atoms with Gasteiger partial charge in [-0.1, -0.05) is 74.0 Å². The van der Waals surface area contributed by atoms with Crippen LogP contribution in [-0.2, 0) is 11.3 Å². The Hall–Kier alpha value is -2.67. The maximum absolute atomic E-state index is 14.4. The van der Waals surface area contributed by atoms with Crippen molar-refractivity contribution in [2.24, 2.45) is 0 Å². The van der Waals surface area contributed by atoms with Crippen molar-refractivity contribution in [3.63, 3.8) is 0 Å². The molecule has 0 unspecified atom stereocenters. The number of carbonyl (C=O) groups is 1. The van der Waals surface area contributed by atoms with Gasteiger partial charge in [0.05, 0.1) is 17.9 Å². The standard InChI is InChI=1S/C22H25FN4OS/c1-2-3-9-14-24-20(28)16-29-22-26-25-21(18-12-7-8-13-19(18)23)27(22)15-17-10-5-4-6-11-17/h4-8,10-13H,2-3,9,14-16H2,1H3,(H,24,28). The van der Waals surface area contributed by atoms with Crippen molar-refractivity contribution in [2.75, 3.05) is 12.3 Å². The molecule has 0 aliphatic rings. The van der Waals surface area contributed by atoms with Crippen molar-refractivity contribution >= 4 is 17.7 Å². The fourth-order valence-electron chi connectivity index (χ4n) is 2.93. The van der Waals surface area contributed by atoms with E-state index in [0.29, 0.717) is 29.6 Å². The largest absolute Gasteiger partial charge is 0.355 e. The summed E-state index contributed by atoms with van der Waals surface area (Å²) in [5, 5.41) is 12.0. The van der Waals surface area contributed by atoms with Crippen molar-refractivity contribution in [1.82, 2.24) is 20.1 Å². The minimum absolute atomic E-state index is 0.0344. The van der Waals surface area contributed by atoms with Crippen molar-refractivity contribution in [3.05, 3.63) is 66.0 Å². The Labute approximate surface area is 174 Å². The van der Waals surface area contributed by atoms with Gasteiger partial charge in [-0.25, -0.2) is 4.39 Å². The van der Waals surface area contributed by atoms with Gasteiger partial charge >= 0.3 is 0 Å². The number of amides is 1. The number of halogens is 1. The van der Waals surface area contributed by atoms with E-state index in [4.69, 9.17) is 0 Å². The lowest BCUT2D eigenvalue weighted by Gasteiger charge is -2.11. The van der Waals surface area contributed by atoms with E-state index in [1.54, 1.807) is 18.2 Å². The number of aromatic nitrogens is 3. The summed E-state index contributed by atoms with van der Waals surface area (Å²) in [5.41, 5.74) is 1.45. The lowest BCUT2D eigenvalue weighted by molar-refractivity contribution is -0.118. The molecule has 3 aromatic rings. The van der Waals surface area contributed by atoms with Gasteiger partial charge < -0.3 is 5.32 Å². The van der Waals surface area contributed by atoms with Gasteiger partial charge in [-0.15, -0.1) is 10.2 Å². The van der Waals surface area contributed by atoms with Gasteiger partial charge in [-0.05, 0) is 24.1 Å². The number of hydrogen-bond acceptors (Lipinski definition) is 4. The first-order valence-corrected chi connectivity index (χ1v) is 10.8. The quantitative estimate of drug-likeness (QED) is 0.393. The molecule has 0 saturated heterocycles. The maximum atomic E-state index is 14.4. The Bertz CT molecular complexity index is 930. The molecular weight excluding hydrogens is 387 g/mol. The number of hydrogen-bond donors (Lipinski definition) is 1. The molecule has 5 nitrogen and oxygen atoms in total. The normalized spacial score (nSPS) is 10.8. The van der Waals surface area contributed by atoms with E-state index in [9.17, 15) is 9.18 Å². The minimum atomic E-state index is -0.348. The lowest BCUT2D eigenvalue weighted by atomic mass is 10.2. The monoisotopic (exact) mass is 412 g/mol. The lowest BCUT2D eigenvalue weighted by Crippen LogP contribution is -2.26. The molecule has 0 fully saturated rings. The van der Waals surface area contributed by atoms with Gasteiger partial charge in [0.15, 0.2) is 11.0 Å². The minimum Gasteiger partial charge on any atom is -0.355 e. The molecule has 0 radical (unpaired) electrons. The fraction of sp³-hybridized carbons (Fsp3) is 0.318. The highest BCUT2D eigenvalue weighted by Gasteiger charge is 2.18. The van der Waals surface area contributed by atoms with Crippen molar-refractivity contribution < 1.29 is 9.18 Å². The molecule has 0 bridgehead atoms. The predicted octanol–water partition coefficient (Wildman–Crippen LogP) is 4.53. The van der Waals surface area contributed by atoms with Gasteiger partial charge in [-0.2, -0.15) is 0 Å². The molecule has 0 atom stereocenters. The number of nitrogens with one attached hydrogen (secondary N) is 1. The SMILES string of the molecule is CCCCCNC(=O)CSc1nnc(-c2ccccc2F)n1Cc1ccccc1. The summed E-state index contributed by atoms with van der Waals surface area (Å²) < 4.78 is 16.2. The molecule has 1 N–H and O–H groups in total. The fourth-order valence-corrected chi connectivity index (χ4v) is 3.70. The highest BCUT2D eigenvalue weighted by molar-refractivity contribution is 7.99. The molecular formula is C22H25FN4OS. The van der Waals surface area contributed by atoms with E-state index in [-0.39, 0.29) is 17.5 Å². The first-order chi connectivity index (χ1) is 14.2. The van der Waals surface area contributed by atoms with E-state index in [0.717, 1.165) is 24.8 Å². The Morgan fingerprint density at radius 3 is 2.59 bits per heavy atom. The van der Waals surface area contributed by atoms with Crippen LogP contribution >= 0.6 is 11.8 Å². The molecule has 0 saturated carbocycles. The summed E-state index contributed by atoms with van der Waals surface area (Å²) in [6.07, 6.45) is 3.20. The highest BCUT2D eigenvalue weighted by atomic mass is 32.2. The third kappa shape index (κ3) is 5.90. The van der Waals surface area contributed by atoms with Crippen LogP contribution in [0.2, 0.25) is 0 Å². The Morgan fingerprint density at radius 1 is 1.07 bits per heavy atom. The van der Waals surface area contributed by atoms with Gasteiger partial charge in [0.2, 0.25) is 5.91 Å². The number of nitrogens with zero attached hydrogens (tertiary/aromatic N) is 3. The molecule has 0 aliphatic carbocycles. The van der Waals surface area contributed by atoms with E-state index in [1.807, 2.05) is 34.9 Å². The molecule has 1 heterocycles. The smallest absolute Gasteiger partial charge is 0.230 e. The average Bonchev–Trinajstić information content (AvgIpc) is 3.13. The highest BCUT2D eigenvalue weighted by Crippen LogP contribution is 2.26. The second-order valence-electron chi connectivity index (χ2n) is 6.70. The van der Waals surface area contributed by atoms with E-state index in [1.165, 1.54) is 17.8 Å². The van der Waals surface area contributed by atoms with Crippen LogP contribution in [-0.4, -0.2) is 33.0 Å². The Kier molecular flexibility index (Phi) is 7.81. The van der Waals surface area contributed by atoms with Crippen molar-refractivity contribution in [3.8, 4) is 11.4 Å².